The lowest BCUT2D eigenvalue weighted by atomic mass is 9.44. The average Bonchev–Trinajstić information content (AvgIpc) is 3.21. The molecule has 1 aromatic carbocycles. The fourth-order valence-corrected chi connectivity index (χ4v) is 11.2. The second-order valence-corrected chi connectivity index (χ2v) is 16.6. The lowest BCUT2D eigenvalue weighted by Gasteiger charge is -2.61. The number of fused-ring (bicyclic) bond motifs is 5. The first-order valence-corrected chi connectivity index (χ1v) is 17.4. The number of benzene rings is 1. The van der Waals surface area contributed by atoms with Crippen LogP contribution >= 0.6 is 0 Å². The summed E-state index contributed by atoms with van der Waals surface area (Å²) in [6.45, 7) is 12.7. The Kier molecular flexibility index (Phi) is 8.17. The maximum absolute atomic E-state index is 11.4. The zero-order valence-corrected chi connectivity index (χ0v) is 25.6. The molecule has 0 amide bonds. The van der Waals surface area contributed by atoms with E-state index in [1.165, 1.54) is 82.6 Å². The van der Waals surface area contributed by atoms with Crippen molar-refractivity contribution in [3.05, 3.63) is 29.8 Å². The molecule has 7 unspecified atom stereocenters. The predicted molar refractivity (Wildman–Crippen MR) is 157 cm³/mol. The topological polar surface area (TPSA) is 54.4 Å². The lowest BCUT2D eigenvalue weighted by molar-refractivity contribution is -0.121. The van der Waals surface area contributed by atoms with Crippen LogP contribution in [0.3, 0.4) is 0 Å². The first-order chi connectivity index (χ1) is 17.9. The van der Waals surface area contributed by atoms with Crippen LogP contribution in [0, 0.1) is 58.2 Å². The molecule has 4 heteroatoms. The molecule has 0 saturated heterocycles. The molecule has 4 saturated carbocycles. The minimum Gasteiger partial charge on any atom is -0.282 e. The maximum atomic E-state index is 11.4. The van der Waals surface area contributed by atoms with Gasteiger partial charge in [0.15, 0.2) is 0 Å². The summed E-state index contributed by atoms with van der Waals surface area (Å²) >= 11 is 0. The molecule has 38 heavy (non-hydrogen) atoms. The highest BCUT2D eigenvalue weighted by molar-refractivity contribution is 7.85. The molecule has 1 aromatic rings. The molecule has 3 nitrogen and oxygen atoms in total. The van der Waals surface area contributed by atoms with Gasteiger partial charge in [-0.2, -0.15) is 8.42 Å². The fraction of sp³-hybridized carbons (Fsp3) is 0.824. The van der Waals surface area contributed by atoms with E-state index in [1.807, 2.05) is 12.1 Å². The summed E-state index contributed by atoms with van der Waals surface area (Å²) in [5.74, 6) is 7.02. The molecule has 4 fully saturated rings. The Morgan fingerprint density at radius 1 is 0.868 bits per heavy atom. The molecule has 4 aliphatic rings. The van der Waals surface area contributed by atoms with Gasteiger partial charge in [-0.25, -0.2) is 0 Å². The van der Waals surface area contributed by atoms with Gasteiger partial charge in [-0.3, -0.25) is 4.55 Å². The van der Waals surface area contributed by atoms with Crippen molar-refractivity contribution in [1.29, 1.82) is 0 Å². The molecule has 0 aromatic heterocycles. The van der Waals surface area contributed by atoms with E-state index in [0.717, 1.165) is 47.8 Å². The molecule has 0 heterocycles. The van der Waals surface area contributed by atoms with Crippen molar-refractivity contribution in [1.82, 2.24) is 0 Å². The molecule has 1 N–H and O–H groups in total. The summed E-state index contributed by atoms with van der Waals surface area (Å²) in [5.41, 5.74) is 2.29. The highest BCUT2D eigenvalue weighted by Gasteiger charge is 2.60. The molecule has 0 aliphatic heterocycles. The Morgan fingerprint density at radius 3 is 2.24 bits per heavy atom. The largest absolute Gasteiger partial charge is 0.294 e. The maximum Gasteiger partial charge on any atom is 0.294 e. The summed E-state index contributed by atoms with van der Waals surface area (Å²) in [6.07, 6.45) is 18.0. The van der Waals surface area contributed by atoms with Crippen molar-refractivity contribution in [2.45, 2.75) is 123 Å². The van der Waals surface area contributed by atoms with Crippen LogP contribution in [-0.2, 0) is 16.5 Å². The zero-order valence-electron chi connectivity index (χ0n) is 24.8. The van der Waals surface area contributed by atoms with E-state index in [2.05, 4.69) is 34.6 Å². The van der Waals surface area contributed by atoms with Gasteiger partial charge in [0, 0.05) is 0 Å². The van der Waals surface area contributed by atoms with Crippen molar-refractivity contribution in [2.75, 3.05) is 0 Å². The predicted octanol–water partition coefficient (Wildman–Crippen LogP) is 9.21. The Morgan fingerprint density at radius 2 is 1.55 bits per heavy atom. The highest BCUT2D eigenvalue weighted by Crippen LogP contribution is 2.68. The molecule has 0 bridgehead atoms. The minimum absolute atomic E-state index is 0.000747. The molecule has 0 radical (unpaired) electrons. The summed E-state index contributed by atoms with van der Waals surface area (Å²) in [6, 6.07) is 6.91. The van der Waals surface area contributed by atoms with Crippen LogP contribution in [0.5, 0.6) is 0 Å². The van der Waals surface area contributed by atoms with Gasteiger partial charge in [0.05, 0.1) is 4.90 Å². The third kappa shape index (κ3) is 5.39. The molecule has 214 valence electrons. The smallest absolute Gasteiger partial charge is 0.282 e. The van der Waals surface area contributed by atoms with Crippen LogP contribution in [0.1, 0.15) is 117 Å². The molecular formula is C34H54O3S. The van der Waals surface area contributed by atoms with Gasteiger partial charge in [0.1, 0.15) is 0 Å². The van der Waals surface area contributed by atoms with Gasteiger partial charge in [0.25, 0.3) is 10.1 Å². The third-order valence-electron chi connectivity index (χ3n) is 12.7. The van der Waals surface area contributed by atoms with Crippen molar-refractivity contribution >= 4 is 10.1 Å². The molecule has 0 spiro atoms. The van der Waals surface area contributed by atoms with Crippen LogP contribution in [0.15, 0.2) is 29.2 Å². The average molecular weight is 543 g/mol. The van der Waals surface area contributed by atoms with Crippen LogP contribution in [0.4, 0.5) is 0 Å². The normalized spacial score (nSPS) is 39.9. The molecule has 4 aliphatic carbocycles. The number of hydrogen-bond acceptors (Lipinski definition) is 2. The number of rotatable bonds is 8. The first kappa shape index (κ1) is 28.7. The summed E-state index contributed by atoms with van der Waals surface area (Å²) in [4.78, 5) is -0.000747. The van der Waals surface area contributed by atoms with Crippen LogP contribution in [0.25, 0.3) is 0 Å². The third-order valence-corrected chi connectivity index (χ3v) is 13.6. The lowest BCUT2D eigenvalue weighted by Crippen LogP contribution is -2.53. The van der Waals surface area contributed by atoms with Crippen LogP contribution in [-0.4, -0.2) is 13.0 Å². The minimum atomic E-state index is -4.11. The van der Waals surface area contributed by atoms with E-state index < -0.39 is 10.1 Å². The van der Waals surface area contributed by atoms with E-state index in [-0.39, 0.29) is 4.90 Å². The highest BCUT2D eigenvalue weighted by atomic mass is 32.2. The molecular weight excluding hydrogens is 488 g/mol. The second kappa shape index (κ2) is 10.8. The van der Waals surface area contributed by atoms with Gasteiger partial charge in [-0.15, -0.1) is 0 Å². The zero-order chi connectivity index (χ0) is 27.3. The van der Waals surface area contributed by atoms with Crippen molar-refractivity contribution in [3.8, 4) is 0 Å². The van der Waals surface area contributed by atoms with Crippen molar-refractivity contribution in [3.63, 3.8) is 0 Å². The van der Waals surface area contributed by atoms with Crippen LogP contribution in [0.2, 0.25) is 0 Å². The second-order valence-electron chi connectivity index (χ2n) is 15.2. The molecule has 5 rings (SSSR count). The Hall–Kier alpha value is -0.870. The SMILES string of the molecule is CC(C)CCCC(C)C1CCC2C3CCC4CC(Cc5ccc(S(=O)(=O)O)cc5)CC[C@]4(C)C3CC[C@]12C. The fourth-order valence-electron chi connectivity index (χ4n) is 10.7. The van der Waals surface area contributed by atoms with Crippen molar-refractivity contribution < 1.29 is 13.0 Å². The molecule has 9 atom stereocenters. The standard InChI is InChI=1S/C34H54O3S/c1-23(2)7-6-8-24(3)30-15-16-31-29-14-11-27-22-26(21-25-9-12-28(13-10-25)38(35,36)37)17-19-33(27,4)32(29)18-20-34(30,31)5/h9-10,12-13,23-24,26-27,29-32H,6-8,11,14-22H2,1-5H3,(H,35,36,37)/t24?,26?,27?,29?,30?,31?,32?,33-,34+/m0/s1. The van der Waals surface area contributed by atoms with Gasteiger partial charge < -0.3 is 0 Å². The Bertz CT molecular complexity index is 1060. The quantitative estimate of drug-likeness (QED) is 0.333. The van der Waals surface area contributed by atoms with Gasteiger partial charge in [-0.05, 0) is 140 Å². The monoisotopic (exact) mass is 542 g/mol. The Balaban J connectivity index is 1.22. The van der Waals surface area contributed by atoms with E-state index in [4.69, 9.17) is 0 Å². The summed E-state index contributed by atoms with van der Waals surface area (Å²) in [7, 11) is -4.11. The van der Waals surface area contributed by atoms with Gasteiger partial charge in [0.2, 0.25) is 0 Å². The van der Waals surface area contributed by atoms with Gasteiger partial charge >= 0.3 is 0 Å². The van der Waals surface area contributed by atoms with Crippen molar-refractivity contribution in [2.24, 2.45) is 58.2 Å². The van der Waals surface area contributed by atoms with Crippen LogP contribution < -0.4 is 0 Å². The van der Waals surface area contributed by atoms with E-state index >= 15 is 0 Å². The summed E-state index contributed by atoms with van der Waals surface area (Å²) in [5, 5.41) is 0. The number of hydrogen-bond donors (Lipinski definition) is 1. The Labute approximate surface area is 233 Å². The van der Waals surface area contributed by atoms with E-state index in [1.54, 1.807) is 12.1 Å². The van der Waals surface area contributed by atoms with E-state index in [9.17, 15) is 13.0 Å². The summed E-state index contributed by atoms with van der Waals surface area (Å²) < 4.78 is 32.1. The van der Waals surface area contributed by atoms with E-state index in [0.29, 0.717) is 16.7 Å². The van der Waals surface area contributed by atoms with Gasteiger partial charge in [-0.1, -0.05) is 66.0 Å². The first-order valence-electron chi connectivity index (χ1n) is 16.0.